The van der Waals surface area contributed by atoms with Gasteiger partial charge in [-0.1, -0.05) is 13.8 Å². The van der Waals surface area contributed by atoms with Crippen molar-refractivity contribution in [3.63, 3.8) is 0 Å². The summed E-state index contributed by atoms with van der Waals surface area (Å²) in [5.41, 5.74) is 0. The molecule has 0 radical (unpaired) electrons. The van der Waals surface area contributed by atoms with E-state index < -0.39 is 0 Å². The first-order valence-corrected chi connectivity index (χ1v) is 6.29. The molecule has 0 saturated carbocycles. The first-order valence-electron chi connectivity index (χ1n) is 6.29. The third-order valence-corrected chi connectivity index (χ3v) is 2.92. The lowest BCUT2D eigenvalue weighted by Gasteiger charge is -2.31. The number of piperidine rings is 1. The van der Waals surface area contributed by atoms with E-state index in [0.717, 1.165) is 13.2 Å². The van der Waals surface area contributed by atoms with Gasteiger partial charge >= 0.3 is 0 Å². The van der Waals surface area contributed by atoms with Crippen LogP contribution in [0.3, 0.4) is 0 Å². The molecule has 0 amide bonds. The van der Waals surface area contributed by atoms with E-state index in [4.69, 9.17) is 4.74 Å². The van der Waals surface area contributed by atoms with E-state index in [1.54, 1.807) is 0 Å². The monoisotopic (exact) mass is 214 g/mol. The molecule has 3 nitrogen and oxygen atoms in total. The summed E-state index contributed by atoms with van der Waals surface area (Å²) >= 11 is 0. The Balaban J connectivity index is 2.04. The normalized spacial score (nSPS) is 20.0. The van der Waals surface area contributed by atoms with Crippen LogP contribution >= 0.6 is 0 Å². The molecule has 0 aliphatic carbocycles. The Kier molecular flexibility index (Phi) is 6.22. The van der Waals surface area contributed by atoms with Crippen LogP contribution in [0.25, 0.3) is 0 Å². The molecule has 0 unspecified atom stereocenters. The molecule has 1 saturated heterocycles. The van der Waals surface area contributed by atoms with Crippen LogP contribution in [-0.2, 0) is 4.74 Å². The molecule has 1 heterocycles. The maximum atomic E-state index is 5.63. The van der Waals surface area contributed by atoms with E-state index in [9.17, 15) is 0 Å². The van der Waals surface area contributed by atoms with Crippen molar-refractivity contribution >= 4 is 0 Å². The first kappa shape index (κ1) is 12.9. The van der Waals surface area contributed by atoms with Crippen LogP contribution in [0.1, 0.15) is 33.6 Å². The smallest absolute Gasteiger partial charge is 0.0599 e. The number of nitrogens with zero attached hydrogens (tertiary/aromatic N) is 1. The predicted molar refractivity (Wildman–Crippen MR) is 64.2 cm³/mol. The van der Waals surface area contributed by atoms with Crippen LogP contribution in [0.4, 0.5) is 0 Å². The molecule has 0 aromatic carbocycles. The van der Waals surface area contributed by atoms with Gasteiger partial charge in [-0.15, -0.1) is 0 Å². The zero-order chi connectivity index (χ0) is 11.1. The van der Waals surface area contributed by atoms with Crippen LogP contribution in [0.2, 0.25) is 0 Å². The van der Waals surface area contributed by atoms with Gasteiger partial charge in [-0.2, -0.15) is 0 Å². The van der Waals surface area contributed by atoms with Gasteiger partial charge in [0.1, 0.15) is 0 Å². The predicted octanol–water partition coefficient (Wildman–Crippen LogP) is 1.49. The minimum Gasteiger partial charge on any atom is -0.378 e. The minimum absolute atomic E-state index is 0.518. The second-order valence-electron chi connectivity index (χ2n) is 4.61. The van der Waals surface area contributed by atoms with Gasteiger partial charge < -0.3 is 15.0 Å². The van der Waals surface area contributed by atoms with Gasteiger partial charge in [-0.3, -0.25) is 0 Å². The summed E-state index contributed by atoms with van der Waals surface area (Å²) in [6, 6.07) is 0.603. The summed E-state index contributed by atoms with van der Waals surface area (Å²) in [5, 5.41) is 3.46. The number of nitrogens with one attached hydrogen (secondary N) is 1. The van der Waals surface area contributed by atoms with Crippen molar-refractivity contribution in [3.8, 4) is 0 Å². The van der Waals surface area contributed by atoms with Gasteiger partial charge in [0.25, 0.3) is 0 Å². The number of hydrogen-bond acceptors (Lipinski definition) is 3. The highest BCUT2D eigenvalue weighted by Crippen LogP contribution is 2.12. The molecular weight excluding hydrogens is 188 g/mol. The molecule has 0 atom stereocenters. The lowest BCUT2D eigenvalue weighted by atomic mass is 10.1. The molecule has 1 rings (SSSR count). The molecule has 15 heavy (non-hydrogen) atoms. The Morgan fingerprint density at radius 1 is 1.33 bits per heavy atom. The van der Waals surface area contributed by atoms with E-state index in [0.29, 0.717) is 12.1 Å². The second kappa shape index (κ2) is 7.20. The topological polar surface area (TPSA) is 24.5 Å². The number of likely N-dealkylation sites (tertiary alicyclic amines) is 1. The molecule has 1 N–H and O–H groups in total. The zero-order valence-corrected chi connectivity index (χ0v) is 10.5. The Morgan fingerprint density at radius 3 is 2.53 bits per heavy atom. The van der Waals surface area contributed by atoms with Gasteiger partial charge in [0.2, 0.25) is 0 Å². The van der Waals surface area contributed by atoms with Crippen molar-refractivity contribution in [1.82, 2.24) is 10.2 Å². The van der Waals surface area contributed by atoms with Crippen molar-refractivity contribution in [3.05, 3.63) is 0 Å². The summed E-state index contributed by atoms with van der Waals surface area (Å²) in [4.78, 5) is 2.53. The maximum absolute atomic E-state index is 5.63. The molecule has 0 bridgehead atoms. The number of rotatable bonds is 6. The average Bonchev–Trinajstić information content (AvgIpc) is 2.20. The first-order chi connectivity index (χ1) is 7.22. The molecule has 3 heteroatoms. The van der Waals surface area contributed by atoms with E-state index in [1.807, 2.05) is 0 Å². The van der Waals surface area contributed by atoms with Gasteiger partial charge in [0.05, 0.1) is 6.10 Å². The van der Waals surface area contributed by atoms with Crippen LogP contribution in [0, 0.1) is 0 Å². The maximum Gasteiger partial charge on any atom is 0.0599 e. The molecular formula is C12H26N2O. The number of ether oxygens (including phenoxy) is 1. The molecule has 0 spiro atoms. The van der Waals surface area contributed by atoms with Crippen molar-refractivity contribution in [2.45, 2.75) is 45.8 Å². The van der Waals surface area contributed by atoms with E-state index in [2.05, 4.69) is 31.0 Å². The van der Waals surface area contributed by atoms with Gasteiger partial charge in [0.15, 0.2) is 0 Å². The quantitative estimate of drug-likeness (QED) is 0.725. The Bertz CT molecular complexity index is 154. The summed E-state index contributed by atoms with van der Waals surface area (Å²) in [6.07, 6.45) is 2.93. The molecule has 1 aliphatic heterocycles. The van der Waals surface area contributed by atoms with Crippen molar-refractivity contribution in [2.24, 2.45) is 0 Å². The summed E-state index contributed by atoms with van der Waals surface area (Å²) < 4.78 is 5.63. The summed E-state index contributed by atoms with van der Waals surface area (Å²) in [7, 11) is 0. The zero-order valence-electron chi connectivity index (χ0n) is 10.5. The molecule has 1 aliphatic rings. The Labute approximate surface area is 94.2 Å². The van der Waals surface area contributed by atoms with Crippen molar-refractivity contribution < 1.29 is 4.74 Å². The fourth-order valence-electron chi connectivity index (χ4n) is 2.05. The molecule has 0 aromatic rings. The van der Waals surface area contributed by atoms with E-state index in [1.165, 1.54) is 32.5 Å². The lowest BCUT2D eigenvalue weighted by molar-refractivity contribution is 0.0145. The van der Waals surface area contributed by atoms with Gasteiger partial charge in [-0.05, 0) is 19.8 Å². The van der Waals surface area contributed by atoms with E-state index >= 15 is 0 Å². The highest BCUT2D eigenvalue weighted by Gasteiger charge is 2.18. The van der Waals surface area contributed by atoms with Crippen molar-refractivity contribution in [1.29, 1.82) is 0 Å². The largest absolute Gasteiger partial charge is 0.378 e. The van der Waals surface area contributed by atoms with Crippen LogP contribution in [-0.4, -0.2) is 49.8 Å². The average molecular weight is 214 g/mol. The van der Waals surface area contributed by atoms with E-state index in [-0.39, 0.29) is 0 Å². The van der Waals surface area contributed by atoms with Crippen molar-refractivity contribution in [2.75, 3.05) is 32.8 Å². The Morgan fingerprint density at radius 2 is 2.00 bits per heavy atom. The number of hydrogen-bond donors (Lipinski definition) is 1. The van der Waals surface area contributed by atoms with Crippen LogP contribution in [0.15, 0.2) is 0 Å². The molecule has 0 aromatic heterocycles. The standard InChI is InChI=1S/C12H26N2O/c1-4-15-12-5-8-14(9-6-12)10-7-13-11(2)3/h11-13H,4-10H2,1-3H3. The third kappa shape index (κ3) is 5.50. The lowest BCUT2D eigenvalue weighted by Crippen LogP contribution is -2.41. The third-order valence-electron chi connectivity index (χ3n) is 2.92. The fraction of sp³-hybridized carbons (Fsp3) is 1.00. The second-order valence-corrected chi connectivity index (χ2v) is 4.61. The van der Waals surface area contributed by atoms with Crippen LogP contribution in [0.5, 0.6) is 0 Å². The van der Waals surface area contributed by atoms with Gasteiger partial charge in [0, 0.05) is 38.8 Å². The summed E-state index contributed by atoms with van der Waals surface area (Å²) in [6.45, 7) is 12.0. The SMILES string of the molecule is CCOC1CCN(CCNC(C)C)CC1. The minimum atomic E-state index is 0.518. The fourth-order valence-corrected chi connectivity index (χ4v) is 2.05. The molecule has 1 fully saturated rings. The van der Waals surface area contributed by atoms with Crippen LogP contribution < -0.4 is 5.32 Å². The van der Waals surface area contributed by atoms with Gasteiger partial charge in [-0.25, -0.2) is 0 Å². The highest BCUT2D eigenvalue weighted by atomic mass is 16.5. The summed E-state index contributed by atoms with van der Waals surface area (Å²) in [5.74, 6) is 0. The molecule has 90 valence electrons. The Hall–Kier alpha value is -0.120. The highest BCUT2D eigenvalue weighted by molar-refractivity contribution is 4.73.